The second-order valence-corrected chi connectivity index (χ2v) is 6.72. The fraction of sp³-hybridized carbons (Fsp3) is 0.476. The van der Waals surface area contributed by atoms with Gasteiger partial charge in [0.25, 0.3) is 0 Å². The standard InChI is InChI=1S/C21H28O2/c1-17(2)13-14-20(15-18-9-5-3-6-10-18)21(22)23-16-19-11-7-4-8-12-19/h3,5-7,9-12,17,20H,4,8,13-16H2,1-2H3. The lowest BCUT2D eigenvalue weighted by atomic mass is 9.92. The molecule has 2 heteroatoms. The molecule has 1 aromatic carbocycles. The van der Waals surface area contributed by atoms with Crippen molar-refractivity contribution in [1.29, 1.82) is 0 Å². The smallest absolute Gasteiger partial charge is 0.309 e. The average Bonchev–Trinajstić information content (AvgIpc) is 2.58. The van der Waals surface area contributed by atoms with Gasteiger partial charge in [0.15, 0.2) is 0 Å². The Morgan fingerprint density at radius 2 is 1.91 bits per heavy atom. The van der Waals surface area contributed by atoms with Crippen LogP contribution in [0, 0.1) is 11.8 Å². The van der Waals surface area contributed by atoms with Gasteiger partial charge in [-0.25, -0.2) is 0 Å². The summed E-state index contributed by atoms with van der Waals surface area (Å²) in [6.07, 6.45) is 11.2. The van der Waals surface area contributed by atoms with Crippen LogP contribution < -0.4 is 0 Å². The SMILES string of the molecule is CC(C)CCC(Cc1ccccc1)C(=O)OCC1=CCCC=C1. The number of allylic oxidation sites excluding steroid dienone is 2. The third-order valence-corrected chi connectivity index (χ3v) is 4.20. The highest BCUT2D eigenvalue weighted by Crippen LogP contribution is 2.20. The predicted octanol–water partition coefficient (Wildman–Crippen LogP) is 5.10. The number of rotatable bonds is 8. The van der Waals surface area contributed by atoms with E-state index < -0.39 is 0 Å². The lowest BCUT2D eigenvalue weighted by Gasteiger charge is -2.18. The Kier molecular flexibility index (Phi) is 7.12. The van der Waals surface area contributed by atoms with Gasteiger partial charge in [-0.2, -0.15) is 0 Å². The predicted molar refractivity (Wildman–Crippen MR) is 95.1 cm³/mol. The van der Waals surface area contributed by atoms with Crippen LogP contribution in [0.15, 0.2) is 54.1 Å². The van der Waals surface area contributed by atoms with Crippen molar-refractivity contribution >= 4 is 5.97 Å². The van der Waals surface area contributed by atoms with Gasteiger partial charge in [-0.3, -0.25) is 4.79 Å². The summed E-state index contributed by atoms with van der Waals surface area (Å²) in [6.45, 7) is 4.80. The molecule has 1 atom stereocenters. The number of ether oxygens (including phenoxy) is 1. The Balaban J connectivity index is 1.92. The lowest BCUT2D eigenvalue weighted by Crippen LogP contribution is -2.21. The van der Waals surface area contributed by atoms with Crippen LogP contribution in [0.5, 0.6) is 0 Å². The van der Waals surface area contributed by atoms with E-state index in [2.05, 4.69) is 44.2 Å². The summed E-state index contributed by atoms with van der Waals surface area (Å²) in [6, 6.07) is 10.2. The first-order valence-corrected chi connectivity index (χ1v) is 8.71. The van der Waals surface area contributed by atoms with Crippen LogP contribution in [0.3, 0.4) is 0 Å². The maximum Gasteiger partial charge on any atom is 0.309 e. The molecule has 0 N–H and O–H groups in total. The van der Waals surface area contributed by atoms with E-state index in [1.54, 1.807) is 0 Å². The molecular weight excluding hydrogens is 284 g/mol. The van der Waals surface area contributed by atoms with Gasteiger partial charge in [0.2, 0.25) is 0 Å². The fourth-order valence-corrected chi connectivity index (χ4v) is 2.78. The first-order valence-electron chi connectivity index (χ1n) is 8.71. The summed E-state index contributed by atoms with van der Waals surface area (Å²) in [7, 11) is 0. The maximum absolute atomic E-state index is 12.5. The Morgan fingerprint density at radius 1 is 1.13 bits per heavy atom. The highest BCUT2D eigenvalue weighted by Gasteiger charge is 2.21. The van der Waals surface area contributed by atoms with Crippen LogP contribution in [-0.4, -0.2) is 12.6 Å². The van der Waals surface area contributed by atoms with Gasteiger partial charge in [0.1, 0.15) is 6.61 Å². The molecule has 2 rings (SSSR count). The van der Waals surface area contributed by atoms with Crippen LogP contribution >= 0.6 is 0 Å². The van der Waals surface area contributed by atoms with Crippen LogP contribution in [0.25, 0.3) is 0 Å². The minimum absolute atomic E-state index is 0.0482. The number of hydrogen-bond donors (Lipinski definition) is 0. The van der Waals surface area contributed by atoms with Crippen LogP contribution in [0.4, 0.5) is 0 Å². The second-order valence-electron chi connectivity index (χ2n) is 6.72. The quantitative estimate of drug-likeness (QED) is 0.624. The molecule has 0 aliphatic heterocycles. The zero-order valence-corrected chi connectivity index (χ0v) is 14.3. The first kappa shape index (κ1) is 17.5. The number of carbonyl (C=O) groups is 1. The Labute approximate surface area is 140 Å². The molecule has 0 aromatic heterocycles. The van der Waals surface area contributed by atoms with E-state index in [9.17, 15) is 4.79 Å². The summed E-state index contributed by atoms with van der Waals surface area (Å²) in [5, 5.41) is 0. The number of esters is 1. The minimum Gasteiger partial charge on any atom is -0.461 e. The van der Waals surface area contributed by atoms with Gasteiger partial charge in [-0.05, 0) is 42.7 Å². The molecule has 0 heterocycles. The maximum atomic E-state index is 12.5. The Hall–Kier alpha value is -1.83. The molecule has 0 saturated heterocycles. The molecule has 0 amide bonds. The van der Waals surface area contributed by atoms with Gasteiger partial charge in [-0.1, -0.05) is 68.8 Å². The van der Waals surface area contributed by atoms with E-state index in [1.165, 1.54) is 5.56 Å². The first-order chi connectivity index (χ1) is 11.1. The monoisotopic (exact) mass is 312 g/mol. The second kappa shape index (κ2) is 9.34. The Bertz CT molecular complexity index is 540. The molecule has 0 bridgehead atoms. The van der Waals surface area contributed by atoms with Gasteiger partial charge in [0.05, 0.1) is 5.92 Å². The molecule has 124 valence electrons. The van der Waals surface area contributed by atoms with Crippen molar-refractivity contribution in [3.63, 3.8) is 0 Å². The topological polar surface area (TPSA) is 26.3 Å². The number of carbonyl (C=O) groups excluding carboxylic acids is 1. The molecule has 0 saturated carbocycles. The van der Waals surface area contributed by atoms with Gasteiger partial charge < -0.3 is 4.74 Å². The van der Waals surface area contributed by atoms with Crippen molar-refractivity contribution in [2.75, 3.05) is 6.61 Å². The van der Waals surface area contributed by atoms with Crippen molar-refractivity contribution in [3.05, 3.63) is 59.7 Å². The van der Waals surface area contributed by atoms with E-state index in [0.29, 0.717) is 12.5 Å². The van der Waals surface area contributed by atoms with E-state index in [-0.39, 0.29) is 11.9 Å². The van der Waals surface area contributed by atoms with Gasteiger partial charge in [0, 0.05) is 0 Å². The van der Waals surface area contributed by atoms with Crippen molar-refractivity contribution < 1.29 is 9.53 Å². The molecule has 1 aliphatic carbocycles. The molecule has 0 spiro atoms. The van der Waals surface area contributed by atoms with Crippen molar-refractivity contribution in [2.24, 2.45) is 11.8 Å². The summed E-state index contributed by atoms with van der Waals surface area (Å²) < 4.78 is 5.59. The molecular formula is C21H28O2. The fourth-order valence-electron chi connectivity index (χ4n) is 2.78. The Morgan fingerprint density at radius 3 is 2.57 bits per heavy atom. The molecule has 0 radical (unpaired) electrons. The van der Waals surface area contributed by atoms with E-state index in [0.717, 1.165) is 37.7 Å². The third-order valence-electron chi connectivity index (χ3n) is 4.20. The number of benzene rings is 1. The molecule has 1 aromatic rings. The van der Waals surface area contributed by atoms with Crippen LogP contribution in [0.2, 0.25) is 0 Å². The highest BCUT2D eigenvalue weighted by atomic mass is 16.5. The van der Waals surface area contributed by atoms with E-state index in [4.69, 9.17) is 4.74 Å². The summed E-state index contributed by atoms with van der Waals surface area (Å²) in [5.41, 5.74) is 2.32. The lowest BCUT2D eigenvalue weighted by molar-refractivity contribution is -0.147. The van der Waals surface area contributed by atoms with Gasteiger partial charge in [-0.15, -0.1) is 0 Å². The molecule has 0 fully saturated rings. The summed E-state index contributed by atoms with van der Waals surface area (Å²) >= 11 is 0. The summed E-state index contributed by atoms with van der Waals surface area (Å²) in [5.74, 6) is 0.493. The van der Waals surface area contributed by atoms with Crippen molar-refractivity contribution in [2.45, 2.75) is 46.0 Å². The molecule has 2 nitrogen and oxygen atoms in total. The average molecular weight is 312 g/mol. The number of hydrogen-bond acceptors (Lipinski definition) is 2. The van der Waals surface area contributed by atoms with Crippen molar-refractivity contribution in [3.8, 4) is 0 Å². The van der Waals surface area contributed by atoms with Crippen molar-refractivity contribution in [1.82, 2.24) is 0 Å². The molecule has 1 unspecified atom stereocenters. The zero-order chi connectivity index (χ0) is 16.5. The van der Waals surface area contributed by atoms with Crippen LogP contribution in [-0.2, 0) is 16.0 Å². The largest absolute Gasteiger partial charge is 0.461 e. The highest BCUT2D eigenvalue weighted by molar-refractivity contribution is 5.73. The van der Waals surface area contributed by atoms with Gasteiger partial charge >= 0.3 is 5.97 Å². The molecule has 23 heavy (non-hydrogen) atoms. The van der Waals surface area contributed by atoms with Crippen LogP contribution in [0.1, 0.15) is 45.1 Å². The summed E-state index contributed by atoms with van der Waals surface area (Å²) in [4.78, 5) is 12.5. The van der Waals surface area contributed by atoms with E-state index in [1.807, 2.05) is 18.2 Å². The normalized spacial score (nSPS) is 15.3. The zero-order valence-electron chi connectivity index (χ0n) is 14.3. The molecule has 1 aliphatic rings. The van der Waals surface area contributed by atoms with E-state index >= 15 is 0 Å². The minimum atomic E-state index is -0.0608. The third kappa shape index (κ3) is 6.43.